The molecule has 192 valence electrons. The molecule has 3 aromatic rings. The Morgan fingerprint density at radius 2 is 1.57 bits per heavy atom. The highest BCUT2D eigenvalue weighted by atomic mass is 32.2. The predicted octanol–water partition coefficient (Wildman–Crippen LogP) is 5.89. The van der Waals surface area contributed by atoms with E-state index in [1.807, 2.05) is 68.4 Å². The molecule has 0 radical (unpaired) electrons. The van der Waals surface area contributed by atoms with E-state index in [-0.39, 0.29) is 24.3 Å². The SMILES string of the molecule is COc1cc(/C=C2\SC(=O)N(CCOc3cc(C)ccc3C)C2=O)ccc1OCCOc1ccccc1. The molecule has 0 atom stereocenters. The molecule has 7 nitrogen and oxygen atoms in total. The first-order valence-electron chi connectivity index (χ1n) is 11.9. The van der Waals surface area contributed by atoms with Crippen molar-refractivity contribution in [3.8, 4) is 23.0 Å². The van der Waals surface area contributed by atoms with Gasteiger partial charge in [0, 0.05) is 0 Å². The quantitative estimate of drug-likeness (QED) is 0.231. The molecule has 3 aromatic carbocycles. The Hall–Kier alpha value is -3.91. The van der Waals surface area contributed by atoms with Gasteiger partial charge in [-0.2, -0.15) is 0 Å². The Kier molecular flexibility index (Phi) is 8.74. The van der Waals surface area contributed by atoms with Crippen LogP contribution in [0.2, 0.25) is 0 Å². The number of methoxy groups -OCH3 is 1. The van der Waals surface area contributed by atoms with Gasteiger partial charge in [-0.05, 0) is 78.7 Å². The third-order valence-corrected chi connectivity index (χ3v) is 6.54. The Bertz CT molecular complexity index is 1290. The van der Waals surface area contributed by atoms with Gasteiger partial charge in [-0.25, -0.2) is 0 Å². The number of nitrogens with zero attached hydrogens (tertiary/aromatic N) is 1. The molecule has 4 rings (SSSR count). The molecule has 0 bridgehead atoms. The van der Waals surface area contributed by atoms with Crippen molar-refractivity contribution >= 4 is 29.0 Å². The van der Waals surface area contributed by atoms with Crippen molar-refractivity contribution < 1.29 is 28.5 Å². The maximum absolute atomic E-state index is 12.9. The zero-order valence-corrected chi connectivity index (χ0v) is 21.9. The maximum atomic E-state index is 12.9. The van der Waals surface area contributed by atoms with Crippen LogP contribution in [0.25, 0.3) is 6.08 Å². The second kappa shape index (κ2) is 12.4. The molecule has 1 saturated heterocycles. The fourth-order valence-electron chi connectivity index (χ4n) is 3.67. The third-order valence-electron chi connectivity index (χ3n) is 5.63. The topological polar surface area (TPSA) is 74.3 Å². The van der Waals surface area contributed by atoms with E-state index in [4.69, 9.17) is 18.9 Å². The van der Waals surface area contributed by atoms with Crippen LogP contribution in [-0.4, -0.2) is 49.5 Å². The van der Waals surface area contributed by atoms with E-state index < -0.39 is 0 Å². The van der Waals surface area contributed by atoms with E-state index in [2.05, 4.69) is 0 Å². The van der Waals surface area contributed by atoms with E-state index in [1.165, 1.54) is 4.90 Å². The van der Waals surface area contributed by atoms with Gasteiger partial charge in [-0.1, -0.05) is 36.4 Å². The zero-order valence-electron chi connectivity index (χ0n) is 21.1. The van der Waals surface area contributed by atoms with E-state index in [0.717, 1.165) is 40.0 Å². The Labute approximate surface area is 221 Å². The van der Waals surface area contributed by atoms with Crippen LogP contribution in [0.15, 0.2) is 71.6 Å². The molecule has 2 amide bonds. The summed E-state index contributed by atoms with van der Waals surface area (Å²) in [6.45, 7) is 5.07. The third kappa shape index (κ3) is 6.86. The van der Waals surface area contributed by atoms with Gasteiger partial charge < -0.3 is 18.9 Å². The van der Waals surface area contributed by atoms with Gasteiger partial charge in [-0.3, -0.25) is 14.5 Å². The van der Waals surface area contributed by atoms with E-state index in [9.17, 15) is 9.59 Å². The summed E-state index contributed by atoms with van der Waals surface area (Å²) in [6, 6.07) is 20.8. The number of carbonyl (C=O) groups is 2. The van der Waals surface area contributed by atoms with Crippen molar-refractivity contribution in [3.05, 3.63) is 88.3 Å². The molecule has 0 saturated carbocycles. The molecular weight excluding hydrogens is 490 g/mol. The normalized spacial score (nSPS) is 14.2. The van der Waals surface area contributed by atoms with Crippen molar-refractivity contribution in [2.75, 3.05) is 33.5 Å². The van der Waals surface area contributed by atoms with Crippen LogP contribution in [0, 0.1) is 13.8 Å². The summed E-state index contributed by atoms with van der Waals surface area (Å²) in [5.41, 5.74) is 2.81. The van der Waals surface area contributed by atoms with Gasteiger partial charge in [0.25, 0.3) is 11.1 Å². The van der Waals surface area contributed by atoms with Gasteiger partial charge in [0.05, 0.1) is 18.6 Å². The van der Waals surface area contributed by atoms with Crippen LogP contribution in [0.4, 0.5) is 4.79 Å². The number of carbonyl (C=O) groups excluding carboxylic acids is 2. The van der Waals surface area contributed by atoms with E-state index in [0.29, 0.717) is 29.6 Å². The highest BCUT2D eigenvalue weighted by Gasteiger charge is 2.34. The molecule has 0 N–H and O–H groups in total. The summed E-state index contributed by atoms with van der Waals surface area (Å²) < 4.78 is 22.7. The number of thioether (sulfide) groups is 1. The number of aryl methyl sites for hydroxylation is 2. The number of benzene rings is 3. The minimum Gasteiger partial charge on any atom is -0.493 e. The molecule has 1 aliphatic rings. The standard InChI is InChI=1S/C29H29NO6S/c1-20-9-10-21(2)25(17-20)35-14-13-30-28(31)27(37-29(30)32)19-22-11-12-24(26(18-22)33-3)36-16-15-34-23-7-5-4-6-8-23/h4-12,17-19H,13-16H2,1-3H3/b27-19-. The second-order valence-electron chi connectivity index (χ2n) is 8.37. The molecule has 1 fully saturated rings. The number of hydrogen-bond acceptors (Lipinski definition) is 7. The van der Waals surface area contributed by atoms with Crippen LogP contribution >= 0.6 is 11.8 Å². The average molecular weight is 520 g/mol. The van der Waals surface area contributed by atoms with Gasteiger partial charge in [0.1, 0.15) is 31.3 Å². The van der Waals surface area contributed by atoms with Crippen molar-refractivity contribution in [1.82, 2.24) is 4.90 Å². The first-order valence-corrected chi connectivity index (χ1v) is 12.7. The van der Waals surface area contributed by atoms with Crippen molar-refractivity contribution in [3.63, 3.8) is 0 Å². The largest absolute Gasteiger partial charge is 0.493 e. The fraction of sp³-hybridized carbons (Fsp3) is 0.241. The van der Waals surface area contributed by atoms with Gasteiger partial charge in [0.15, 0.2) is 11.5 Å². The summed E-state index contributed by atoms with van der Waals surface area (Å²) in [6.07, 6.45) is 1.68. The van der Waals surface area contributed by atoms with E-state index in [1.54, 1.807) is 25.3 Å². The first kappa shape index (κ1) is 26.2. The lowest BCUT2D eigenvalue weighted by Crippen LogP contribution is -2.32. The Morgan fingerprint density at radius 3 is 2.35 bits per heavy atom. The molecule has 0 spiro atoms. The monoisotopic (exact) mass is 519 g/mol. The van der Waals surface area contributed by atoms with Crippen LogP contribution in [-0.2, 0) is 4.79 Å². The molecule has 0 unspecified atom stereocenters. The summed E-state index contributed by atoms with van der Waals surface area (Å²) in [4.78, 5) is 26.9. The Morgan fingerprint density at radius 1 is 0.811 bits per heavy atom. The van der Waals surface area contributed by atoms with Crippen LogP contribution in [0.5, 0.6) is 23.0 Å². The number of para-hydroxylation sites is 1. The summed E-state index contributed by atoms with van der Waals surface area (Å²) >= 11 is 0.915. The molecule has 37 heavy (non-hydrogen) atoms. The van der Waals surface area contributed by atoms with Crippen molar-refractivity contribution in [2.24, 2.45) is 0 Å². The van der Waals surface area contributed by atoms with Gasteiger partial charge in [0.2, 0.25) is 0 Å². The van der Waals surface area contributed by atoms with Crippen molar-refractivity contribution in [1.29, 1.82) is 0 Å². The Balaban J connectivity index is 1.34. The lowest BCUT2D eigenvalue weighted by molar-refractivity contribution is -0.123. The maximum Gasteiger partial charge on any atom is 0.293 e. The number of hydrogen-bond donors (Lipinski definition) is 0. The molecule has 8 heteroatoms. The summed E-state index contributed by atoms with van der Waals surface area (Å²) in [5, 5.41) is -0.314. The highest BCUT2D eigenvalue weighted by Crippen LogP contribution is 2.34. The molecule has 1 heterocycles. The number of ether oxygens (including phenoxy) is 4. The zero-order chi connectivity index (χ0) is 26.2. The second-order valence-corrected chi connectivity index (χ2v) is 9.36. The minimum atomic E-state index is -0.336. The minimum absolute atomic E-state index is 0.177. The summed E-state index contributed by atoms with van der Waals surface area (Å²) in [7, 11) is 1.55. The van der Waals surface area contributed by atoms with Crippen LogP contribution in [0.1, 0.15) is 16.7 Å². The number of imide groups is 1. The van der Waals surface area contributed by atoms with Crippen molar-refractivity contribution in [2.45, 2.75) is 13.8 Å². The predicted molar refractivity (Wildman–Crippen MR) is 145 cm³/mol. The molecular formula is C29H29NO6S. The van der Waals surface area contributed by atoms with Crippen LogP contribution in [0.3, 0.4) is 0 Å². The van der Waals surface area contributed by atoms with E-state index >= 15 is 0 Å². The molecule has 0 aromatic heterocycles. The lowest BCUT2D eigenvalue weighted by atomic mass is 10.1. The van der Waals surface area contributed by atoms with Crippen LogP contribution < -0.4 is 18.9 Å². The average Bonchev–Trinajstić information content (AvgIpc) is 3.17. The molecule has 1 aliphatic heterocycles. The lowest BCUT2D eigenvalue weighted by Gasteiger charge is -2.14. The summed E-state index contributed by atoms with van der Waals surface area (Å²) in [5.74, 6) is 2.28. The molecule has 0 aliphatic carbocycles. The highest BCUT2D eigenvalue weighted by molar-refractivity contribution is 8.18. The number of rotatable bonds is 11. The van der Waals surface area contributed by atoms with Gasteiger partial charge in [-0.15, -0.1) is 0 Å². The first-order chi connectivity index (χ1) is 17.9. The fourth-order valence-corrected chi connectivity index (χ4v) is 4.54. The van der Waals surface area contributed by atoms with Gasteiger partial charge >= 0.3 is 0 Å². The smallest absolute Gasteiger partial charge is 0.293 e. The number of amides is 2.